The van der Waals surface area contributed by atoms with Crippen LogP contribution in [0.1, 0.15) is 21.9 Å². The third kappa shape index (κ3) is 4.60. The summed E-state index contributed by atoms with van der Waals surface area (Å²) in [4.78, 5) is 22.5. The summed E-state index contributed by atoms with van der Waals surface area (Å²) < 4.78 is 11.0. The molecule has 27 heavy (non-hydrogen) atoms. The van der Waals surface area contributed by atoms with Gasteiger partial charge >= 0.3 is 5.69 Å². The van der Waals surface area contributed by atoms with Gasteiger partial charge in [0.25, 0.3) is 0 Å². The highest BCUT2D eigenvalue weighted by molar-refractivity contribution is 6.06. The number of phenolic OH excluding ortho intramolecular Hbond substituents is 1. The number of nitrogens with zero attached hydrogens (tertiary/aromatic N) is 1. The lowest BCUT2D eigenvalue weighted by atomic mass is 10.1. The first-order valence-corrected chi connectivity index (χ1v) is 7.99. The fourth-order valence-corrected chi connectivity index (χ4v) is 2.32. The van der Waals surface area contributed by atoms with Gasteiger partial charge in [0.05, 0.1) is 4.92 Å². The maximum Gasteiger partial charge on any atom is 0.310 e. The molecule has 7 heteroatoms. The molecule has 0 saturated heterocycles. The van der Waals surface area contributed by atoms with Gasteiger partial charge < -0.3 is 14.3 Å². The van der Waals surface area contributed by atoms with Gasteiger partial charge in [-0.2, -0.15) is 0 Å². The first-order chi connectivity index (χ1) is 13.0. The molecule has 0 spiro atoms. The number of ether oxygens (including phenoxy) is 1. The van der Waals surface area contributed by atoms with E-state index in [1.54, 1.807) is 24.3 Å². The molecule has 0 bridgehead atoms. The van der Waals surface area contributed by atoms with Crippen molar-refractivity contribution in [1.82, 2.24) is 0 Å². The smallest absolute Gasteiger partial charge is 0.310 e. The topological polar surface area (TPSA) is 103 Å². The van der Waals surface area contributed by atoms with E-state index in [2.05, 4.69) is 0 Å². The highest BCUT2D eigenvalue weighted by Crippen LogP contribution is 2.27. The average Bonchev–Trinajstić information content (AvgIpc) is 3.13. The van der Waals surface area contributed by atoms with Gasteiger partial charge in [-0.25, -0.2) is 0 Å². The number of hydrogen-bond acceptors (Lipinski definition) is 6. The first-order valence-electron chi connectivity index (χ1n) is 7.99. The average molecular weight is 365 g/mol. The number of nitro groups is 1. The first kappa shape index (κ1) is 17.9. The summed E-state index contributed by atoms with van der Waals surface area (Å²) in [6.07, 6.45) is 2.88. The monoisotopic (exact) mass is 365 g/mol. The Balaban J connectivity index is 1.62. The SMILES string of the molecule is O=C(/C=C/c1ccc(COc2ccccc2[N+](=O)[O-])o1)c1ccc(O)cc1. The summed E-state index contributed by atoms with van der Waals surface area (Å²) in [7, 11) is 0. The zero-order chi connectivity index (χ0) is 19.2. The number of rotatable bonds is 7. The molecule has 0 unspecified atom stereocenters. The number of hydrogen-bond donors (Lipinski definition) is 1. The number of nitro benzene ring substituents is 1. The summed E-state index contributed by atoms with van der Waals surface area (Å²) in [5.41, 5.74) is 0.319. The van der Waals surface area contributed by atoms with Crippen molar-refractivity contribution in [3.63, 3.8) is 0 Å². The van der Waals surface area contributed by atoms with Gasteiger partial charge in [0, 0.05) is 11.6 Å². The molecule has 0 aliphatic rings. The van der Waals surface area contributed by atoms with Crippen molar-refractivity contribution >= 4 is 17.5 Å². The fraction of sp³-hybridized carbons (Fsp3) is 0.0500. The number of furan rings is 1. The molecule has 0 saturated carbocycles. The third-order valence-electron chi connectivity index (χ3n) is 3.67. The van der Waals surface area contributed by atoms with Crippen LogP contribution in [-0.4, -0.2) is 15.8 Å². The maximum atomic E-state index is 12.0. The van der Waals surface area contributed by atoms with Gasteiger partial charge in [0.15, 0.2) is 11.5 Å². The molecular weight excluding hydrogens is 350 g/mol. The highest BCUT2D eigenvalue weighted by atomic mass is 16.6. The summed E-state index contributed by atoms with van der Waals surface area (Å²) in [6.45, 7) is 0.0185. The standard InChI is InChI=1S/C20H15NO6/c22-15-7-5-14(6-8-15)19(23)12-11-16-9-10-17(27-16)13-26-20-4-2-1-3-18(20)21(24)25/h1-12,22H,13H2/b12-11+. The third-order valence-corrected chi connectivity index (χ3v) is 3.67. The van der Waals surface area contributed by atoms with E-state index in [1.807, 2.05) is 0 Å². The Hall–Kier alpha value is -3.87. The summed E-state index contributed by atoms with van der Waals surface area (Å²) >= 11 is 0. The lowest BCUT2D eigenvalue weighted by molar-refractivity contribution is -0.386. The van der Waals surface area contributed by atoms with Crippen molar-refractivity contribution in [3.8, 4) is 11.5 Å². The zero-order valence-electron chi connectivity index (χ0n) is 14.1. The van der Waals surface area contributed by atoms with Crippen LogP contribution < -0.4 is 4.74 Å². The molecule has 3 aromatic rings. The van der Waals surface area contributed by atoms with E-state index in [9.17, 15) is 20.0 Å². The predicted molar refractivity (Wildman–Crippen MR) is 97.6 cm³/mol. The van der Waals surface area contributed by atoms with Gasteiger partial charge in [-0.3, -0.25) is 14.9 Å². The largest absolute Gasteiger partial charge is 0.508 e. The minimum absolute atomic E-state index is 0.0185. The molecule has 1 heterocycles. The van der Waals surface area contributed by atoms with Crippen LogP contribution in [0.4, 0.5) is 5.69 Å². The number of benzene rings is 2. The van der Waals surface area contributed by atoms with Crippen LogP contribution in [-0.2, 0) is 6.61 Å². The van der Waals surface area contributed by atoms with E-state index in [0.29, 0.717) is 17.1 Å². The van der Waals surface area contributed by atoms with Crippen LogP contribution in [0.2, 0.25) is 0 Å². The molecule has 0 atom stereocenters. The Morgan fingerprint density at radius 2 is 1.85 bits per heavy atom. The number of phenols is 1. The van der Waals surface area contributed by atoms with Crippen LogP contribution in [0.3, 0.4) is 0 Å². The molecule has 0 aliphatic carbocycles. The molecule has 1 N–H and O–H groups in total. The Morgan fingerprint density at radius 1 is 1.11 bits per heavy atom. The Labute approximate surface area is 154 Å². The number of carbonyl (C=O) groups is 1. The van der Waals surface area contributed by atoms with Crippen LogP contribution in [0.25, 0.3) is 6.08 Å². The number of para-hydroxylation sites is 2. The Kier molecular flexibility index (Phi) is 5.32. The molecule has 1 aromatic heterocycles. The van der Waals surface area contributed by atoms with E-state index in [-0.39, 0.29) is 29.6 Å². The van der Waals surface area contributed by atoms with Crippen molar-refractivity contribution in [1.29, 1.82) is 0 Å². The second-order valence-electron chi connectivity index (χ2n) is 5.56. The lowest BCUT2D eigenvalue weighted by Gasteiger charge is -2.04. The lowest BCUT2D eigenvalue weighted by Crippen LogP contribution is -1.97. The van der Waals surface area contributed by atoms with Crippen molar-refractivity contribution in [2.75, 3.05) is 0 Å². The van der Waals surface area contributed by atoms with Crippen LogP contribution in [0, 0.1) is 10.1 Å². The van der Waals surface area contributed by atoms with E-state index in [1.165, 1.54) is 48.6 Å². The molecule has 0 amide bonds. The molecular formula is C20H15NO6. The summed E-state index contributed by atoms with van der Waals surface area (Å²) in [5, 5.41) is 20.2. The van der Waals surface area contributed by atoms with Crippen LogP contribution in [0.15, 0.2) is 71.2 Å². The molecule has 136 valence electrons. The second-order valence-corrected chi connectivity index (χ2v) is 5.56. The fourth-order valence-electron chi connectivity index (χ4n) is 2.32. The summed E-state index contributed by atoms with van der Waals surface area (Å²) in [5.74, 6) is 0.917. The molecule has 0 fully saturated rings. The minimum Gasteiger partial charge on any atom is -0.508 e. The van der Waals surface area contributed by atoms with Crippen molar-refractivity contribution in [2.45, 2.75) is 6.61 Å². The number of carbonyl (C=O) groups excluding carboxylic acids is 1. The van der Waals surface area contributed by atoms with Gasteiger partial charge in [-0.1, -0.05) is 12.1 Å². The van der Waals surface area contributed by atoms with E-state index < -0.39 is 4.92 Å². The van der Waals surface area contributed by atoms with Gasteiger partial charge in [0.2, 0.25) is 0 Å². The molecule has 7 nitrogen and oxygen atoms in total. The van der Waals surface area contributed by atoms with E-state index in [4.69, 9.17) is 9.15 Å². The molecule has 3 rings (SSSR count). The Morgan fingerprint density at radius 3 is 2.59 bits per heavy atom. The number of aromatic hydroxyl groups is 1. The molecule has 0 aliphatic heterocycles. The van der Waals surface area contributed by atoms with Crippen LogP contribution >= 0.6 is 0 Å². The van der Waals surface area contributed by atoms with Crippen molar-refractivity contribution in [2.24, 2.45) is 0 Å². The highest BCUT2D eigenvalue weighted by Gasteiger charge is 2.14. The normalized spacial score (nSPS) is 10.8. The summed E-state index contributed by atoms with van der Waals surface area (Å²) in [6, 6.07) is 15.3. The van der Waals surface area contributed by atoms with Gasteiger partial charge in [0.1, 0.15) is 23.9 Å². The van der Waals surface area contributed by atoms with Gasteiger partial charge in [-0.15, -0.1) is 0 Å². The van der Waals surface area contributed by atoms with Crippen LogP contribution in [0.5, 0.6) is 11.5 Å². The molecule has 2 aromatic carbocycles. The number of ketones is 1. The quantitative estimate of drug-likeness (QED) is 0.289. The zero-order valence-corrected chi connectivity index (χ0v) is 14.1. The van der Waals surface area contributed by atoms with Crippen molar-refractivity contribution in [3.05, 3.63) is 93.9 Å². The van der Waals surface area contributed by atoms with E-state index in [0.717, 1.165) is 0 Å². The number of allylic oxidation sites excluding steroid dienone is 1. The Bertz CT molecular complexity index is 988. The second kappa shape index (κ2) is 8.01. The maximum absolute atomic E-state index is 12.0. The minimum atomic E-state index is -0.513. The molecule has 0 radical (unpaired) electrons. The predicted octanol–water partition coefficient (Wildman–Crippen LogP) is 4.37. The van der Waals surface area contributed by atoms with E-state index >= 15 is 0 Å². The van der Waals surface area contributed by atoms with Gasteiger partial charge in [-0.05, 0) is 54.6 Å². The van der Waals surface area contributed by atoms with Crippen molar-refractivity contribution < 1.29 is 24.0 Å².